The number of hydrogen-bond donors (Lipinski definition) is 2. The van der Waals surface area contributed by atoms with Gasteiger partial charge in [0.05, 0.1) is 5.82 Å². The number of aliphatic hydroxyl groups excluding tert-OH is 1. The Kier molecular flexibility index (Phi) is 1.39. The summed E-state index contributed by atoms with van der Waals surface area (Å²) in [5.41, 5.74) is 0. The van der Waals surface area contributed by atoms with Gasteiger partial charge in [-0.3, -0.25) is 0 Å². The van der Waals surface area contributed by atoms with E-state index in [0.717, 1.165) is 18.9 Å². The minimum absolute atomic E-state index is 0.0752. The van der Waals surface area contributed by atoms with E-state index < -0.39 is 0 Å². The molecule has 0 aromatic heterocycles. The van der Waals surface area contributed by atoms with Gasteiger partial charge in [-0.25, -0.2) is 0 Å². The van der Waals surface area contributed by atoms with Gasteiger partial charge in [-0.05, 0) is 0 Å². The minimum Gasteiger partial charge on any atom is -0.376 e. The molecule has 0 saturated carbocycles. The third-order valence-electron chi connectivity index (χ3n) is 1.26. The smallest absolute Gasteiger partial charge is 0.116 e. The molecule has 1 aliphatic heterocycles. The second-order valence-corrected chi connectivity index (χ2v) is 1.78. The standard InChI is InChI=1S/C5H10N2O/c1-5-6-2-3-7(5)4-8/h6,8H,1-4H2. The largest absolute Gasteiger partial charge is 0.376 e. The third-order valence-corrected chi connectivity index (χ3v) is 1.26. The summed E-state index contributed by atoms with van der Waals surface area (Å²) >= 11 is 0. The molecule has 46 valence electrons. The predicted octanol–water partition coefficient (Wildman–Crippen LogP) is -0.687. The molecular formula is C5H10N2O. The molecule has 0 aromatic carbocycles. The molecule has 1 saturated heterocycles. The molecule has 0 aromatic rings. The van der Waals surface area contributed by atoms with Crippen molar-refractivity contribution in [1.82, 2.24) is 10.2 Å². The molecule has 1 heterocycles. The molecule has 0 bridgehead atoms. The maximum Gasteiger partial charge on any atom is 0.116 e. The van der Waals surface area contributed by atoms with E-state index in [1.807, 2.05) is 0 Å². The average molecular weight is 114 g/mol. The van der Waals surface area contributed by atoms with Crippen molar-refractivity contribution < 1.29 is 5.11 Å². The Morgan fingerprint density at radius 3 is 2.88 bits per heavy atom. The number of nitrogens with zero attached hydrogens (tertiary/aromatic N) is 1. The van der Waals surface area contributed by atoms with E-state index in [-0.39, 0.29) is 6.73 Å². The van der Waals surface area contributed by atoms with Crippen LogP contribution in [-0.4, -0.2) is 29.8 Å². The highest BCUT2D eigenvalue weighted by Gasteiger charge is 2.10. The highest BCUT2D eigenvalue weighted by atomic mass is 16.3. The van der Waals surface area contributed by atoms with Gasteiger partial charge < -0.3 is 15.3 Å². The van der Waals surface area contributed by atoms with E-state index in [1.54, 1.807) is 4.90 Å². The molecule has 2 N–H and O–H groups in total. The summed E-state index contributed by atoms with van der Waals surface area (Å²) in [6.07, 6.45) is 0. The highest BCUT2D eigenvalue weighted by molar-refractivity contribution is 4.95. The van der Waals surface area contributed by atoms with Crippen LogP contribution in [0, 0.1) is 0 Å². The van der Waals surface area contributed by atoms with Gasteiger partial charge in [0.1, 0.15) is 6.73 Å². The van der Waals surface area contributed by atoms with E-state index in [9.17, 15) is 0 Å². The molecular weight excluding hydrogens is 104 g/mol. The molecule has 8 heavy (non-hydrogen) atoms. The topological polar surface area (TPSA) is 35.5 Å². The number of nitrogens with one attached hydrogen (secondary N) is 1. The maximum absolute atomic E-state index is 8.56. The molecule has 0 unspecified atom stereocenters. The van der Waals surface area contributed by atoms with Gasteiger partial charge in [0.15, 0.2) is 0 Å². The Balaban J connectivity index is 2.42. The van der Waals surface area contributed by atoms with Crippen LogP contribution >= 0.6 is 0 Å². The summed E-state index contributed by atoms with van der Waals surface area (Å²) < 4.78 is 0. The third kappa shape index (κ3) is 0.767. The molecule has 0 radical (unpaired) electrons. The van der Waals surface area contributed by atoms with Crippen LogP contribution in [0.3, 0.4) is 0 Å². The van der Waals surface area contributed by atoms with Crippen LogP contribution in [0.4, 0.5) is 0 Å². The average Bonchev–Trinajstić information content (AvgIpc) is 2.14. The van der Waals surface area contributed by atoms with Crippen molar-refractivity contribution in [2.24, 2.45) is 0 Å². The lowest BCUT2D eigenvalue weighted by molar-refractivity contribution is 0.155. The van der Waals surface area contributed by atoms with Gasteiger partial charge in [0, 0.05) is 13.1 Å². The number of rotatable bonds is 1. The molecule has 3 nitrogen and oxygen atoms in total. The van der Waals surface area contributed by atoms with Crippen molar-refractivity contribution in [2.75, 3.05) is 19.8 Å². The van der Waals surface area contributed by atoms with Crippen molar-refractivity contribution in [3.8, 4) is 0 Å². The quantitative estimate of drug-likeness (QED) is 0.474. The van der Waals surface area contributed by atoms with E-state index in [4.69, 9.17) is 5.11 Å². The van der Waals surface area contributed by atoms with Crippen molar-refractivity contribution >= 4 is 0 Å². The Bertz CT molecular complexity index is 103. The Hall–Kier alpha value is -0.700. The monoisotopic (exact) mass is 114 g/mol. The van der Waals surface area contributed by atoms with Gasteiger partial charge in [0.2, 0.25) is 0 Å². The van der Waals surface area contributed by atoms with Crippen LogP contribution in [0.25, 0.3) is 0 Å². The van der Waals surface area contributed by atoms with E-state index >= 15 is 0 Å². The number of hydrogen-bond acceptors (Lipinski definition) is 3. The fourth-order valence-electron chi connectivity index (χ4n) is 0.738. The molecule has 0 amide bonds. The highest BCUT2D eigenvalue weighted by Crippen LogP contribution is 2.00. The minimum atomic E-state index is 0.0752. The zero-order valence-corrected chi connectivity index (χ0v) is 4.72. The lowest BCUT2D eigenvalue weighted by atomic mass is 10.6. The first-order valence-electron chi connectivity index (χ1n) is 2.63. The molecule has 0 aliphatic carbocycles. The van der Waals surface area contributed by atoms with Gasteiger partial charge in [-0.2, -0.15) is 0 Å². The first kappa shape index (κ1) is 5.44. The van der Waals surface area contributed by atoms with Crippen LogP contribution < -0.4 is 5.32 Å². The molecule has 0 atom stereocenters. The zero-order valence-electron chi connectivity index (χ0n) is 4.72. The van der Waals surface area contributed by atoms with Crippen molar-refractivity contribution in [2.45, 2.75) is 0 Å². The van der Waals surface area contributed by atoms with E-state index in [2.05, 4.69) is 11.9 Å². The fourth-order valence-corrected chi connectivity index (χ4v) is 0.738. The Morgan fingerprint density at radius 1 is 1.88 bits per heavy atom. The second kappa shape index (κ2) is 2.05. The first-order chi connectivity index (χ1) is 3.84. The number of aliphatic hydroxyl groups is 1. The van der Waals surface area contributed by atoms with Crippen LogP contribution in [0.1, 0.15) is 0 Å². The lowest BCUT2D eigenvalue weighted by Crippen LogP contribution is -2.19. The van der Waals surface area contributed by atoms with Crippen LogP contribution in [-0.2, 0) is 0 Å². The van der Waals surface area contributed by atoms with Crippen molar-refractivity contribution in [3.05, 3.63) is 12.4 Å². The summed E-state index contributed by atoms with van der Waals surface area (Å²) in [6, 6.07) is 0. The Morgan fingerprint density at radius 2 is 2.62 bits per heavy atom. The fraction of sp³-hybridized carbons (Fsp3) is 0.600. The predicted molar refractivity (Wildman–Crippen MR) is 30.9 cm³/mol. The summed E-state index contributed by atoms with van der Waals surface area (Å²) in [4.78, 5) is 1.78. The second-order valence-electron chi connectivity index (χ2n) is 1.78. The van der Waals surface area contributed by atoms with Gasteiger partial charge in [0.25, 0.3) is 0 Å². The van der Waals surface area contributed by atoms with Gasteiger partial charge in [-0.15, -0.1) is 0 Å². The van der Waals surface area contributed by atoms with Crippen molar-refractivity contribution in [1.29, 1.82) is 0 Å². The Labute approximate surface area is 48.6 Å². The lowest BCUT2D eigenvalue weighted by Gasteiger charge is -2.12. The van der Waals surface area contributed by atoms with Crippen LogP contribution in [0.2, 0.25) is 0 Å². The molecule has 0 spiro atoms. The molecule has 1 rings (SSSR count). The molecule has 3 heteroatoms. The van der Waals surface area contributed by atoms with Crippen molar-refractivity contribution in [3.63, 3.8) is 0 Å². The zero-order chi connectivity index (χ0) is 5.98. The summed E-state index contributed by atoms with van der Waals surface area (Å²) in [6.45, 7) is 5.51. The van der Waals surface area contributed by atoms with Crippen LogP contribution in [0.5, 0.6) is 0 Å². The first-order valence-corrected chi connectivity index (χ1v) is 2.63. The summed E-state index contributed by atoms with van der Waals surface area (Å²) in [5.74, 6) is 0.826. The summed E-state index contributed by atoms with van der Waals surface area (Å²) in [7, 11) is 0. The summed E-state index contributed by atoms with van der Waals surface area (Å²) in [5, 5.41) is 11.6. The van der Waals surface area contributed by atoms with Gasteiger partial charge >= 0.3 is 0 Å². The van der Waals surface area contributed by atoms with E-state index in [1.165, 1.54) is 0 Å². The molecule has 1 aliphatic rings. The SMILES string of the molecule is C=C1NCCN1CO. The normalized spacial score (nSPS) is 19.1. The van der Waals surface area contributed by atoms with E-state index in [0.29, 0.717) is 0 Å². The van der Waals surface area contributed by atoms with Crippen LogP contribution in [0.15, 0.2) is 12.4 Å². The van der Waals surface area contributed by atoms with Gasteiger partial charge in [-0.1, -0.05) is 6.58 Å². The molecule has 1 fully saturated rings. The maximum atomic E-state index is 8.56.